The highest BCUT2D eigenvalue weighted by Gasteiger charge is 2.25. The van der Waals surface area contributed by atoms with Gasteiger partial charge in [0.2, 0.25) is 5.91 Å². The van der Waals surface area contributed by atoms with E-state index in [0.717, 1.165) is 0 Å². The molecular weight excluding hydrogens is 296 g/mol. The van der Waals surface area contributed by atoms with Crippen molar-refractivity contribution < 1.29 is 9.59 Å². The van der Waals surface area contributed by atoms with E-state index in [9.17, 15) is 14.4 Å². The molecule has 2 amide bonds. The number of nitrogens with one attached hydrogen (secondary N) is 1. The molecule has 1 fully saturated rings. The average Bonchev–Trinajstić information content (AvgIpc) is 2.53. The minimum Gasteiger partial charge on any atom is -0.339 e. The van der Waals surface area contributed by atoms with Crippen molar-refractivity contribution in [2.24, 2.45) is 0 Å². The molecule has 0 bridgehead atoms. The molecule has 0 unspecified atom stereocenters. The Labute approximate surface area is 126 Å². The zero-order valence-corrected chi connectivity index (χ0v) is 12.3. The highest BCUT2D eigenvalue weighted by Crippen LogP contribution is 2.08. The fraction of sp³-hybridized carbons (Fsp3) is 0.538. The Morgan fingerprint density at radius 2 is 1.86 bits per heavy atom. The predicted octanol–water partition coefficient (Wildman–Crippen LogP) is 0.0733. The first-order chi connectivity index (χ1) is 10.1. The number of halogens is 1. The molecule has 114 valence electrons. The maximum Gasteiger partial charge on any atom is 0.274 e. The second kappa shape index (κ2) is 7.21. The van der Waals surface area contributed by atoms with Crippen LogP contribution in [0.1, 0.15) is 23.3 Å². The summed E-state index contributed by atoms with van der Waals surface area (Å²) >= 11 is 5.57. The lowest BCUT2D eigenvalue weighted by atomic mass is 10.2. The van der Waals surface area contributed by atoms with E-state index in [2.05, 4.69) is 10.2 Å². The second-order valence-corrected chi connectivity index (χ2v) is 5.15. The van der Waals surface area contributed by atoms with E-state index < -0.39 is 0 Å². The summed E-state index contributed by atoms with van der Waals surface area (Å²) < 4.78 is 0. The SMILES string of the molecule is O=C(CCCCl)N1CCN(C(=O)c2ccc(=O)[nH]n2)CC1. The number of aromatic amines is 1. The molecule has 1 saturated heterocycles. The van der Waals surface area contributed by atoms with Crippen LogP contribution in [0.4, 0.5) is 0 Å². The minimum absolute atomic E-state index is 0.0740. The standard InChI is InChI=1S/C13H17ClN4O3/c14-5-1-2-12(20)17-6-8-18(9-7-17)13(21)10-3-4-11(19)16-15-10/h3-4H,1-2,5-9H2,(H,16,19). The Hall–Kier alpha value is -1.89. The number of hydrogen-bond donors (Lipinski definition) is 1. The first kappa shape index (κ1) is 15.5. The van der Waals surface area contributed by atoms with Crippen LogP contribution in [0.25, 0.3) is 0 Å². The number of aromatic nitrogens is 2. The Bertz CT molecular complexity index is 546. The van der Waals surface area contributed by atoms with Crippen LogP contribution in [-0.4, -0.2) is 63.9 Å². The molecule has 0 atom stereocenters. The maximum atomic E-state index is 12.2. The molecule has 21 heavy (non-hydrogen) atoms. The number of carbonyl (C=O) groups is 2. The molecular formula is C13H17ClN4O3. The third-order valence-corrected chi connectivity index (χ3v) is 3.61. The summed E-state index contributed by atoms with van der Waals surface area (Å²) in [6.45, 7) is 1.95. The first-order valence-electron chi connectivity index (χ1n) is 6.80. The van der Waals surface area contributed by atoms with Crippen molar-refractivity contribution in [3.63, 3.8) is 0 Å². The van der Waals surface area contributed by atoms with Crippen molar-refractivity contribution in [2.75, 3.05) is 32.1 Å². The third kappa shape index (κ3) is 4.04. The zero-order chi connectivity index (χ0) is 15.2. The fourth-order valence-corrected chi connectivity index (χ4v) is 2.29. The van der Waals surface area contributed by atoms with E-state index in [-0.39, 0.29) is 23.1 Å². The van der Waals surface area contributed by atoms with Crippen LogP contribution >= 0.6 is 11.6 Å². The number of rotatable bonds is 4. The molecule has 0 saturated carbocycles. The summed E-state index contributed by atoms with van der Waals surface area (Å²) in [5.41, 5.74) is -0.141. The van der Waals surface area contributed by atoms with Crippen LogP contribution in [0, 0.1) is 0 Å². The molecule has 0 spiro atoms. The van der Waals surface area contributed by atoms with Crippen molar-refractivity contribution in [3.05, 3.63) is 28.2 Å². The Kier molecular flexibility index (Phi) is 5.32. The van der Waals surface area contributed by atoms with Crippen molar-refractivity contribution >= 4 is 23.4 Å². The Morgan fingerprint density at radius 3 is 2.43 bits per heavy atom. The molecule has 0 aliphatic carbocycles. The average molecular weight is 313 g/mol. The van der Waals surface area contributed by atoms with Gasteiger partial charge >= 0.3 is 0 Å². The number of carbonyl (C=O) groups excluding carboxylic acids is 2. The van der Waals surface area contributed by atoms with Gasteiger partial charge in [0, 0.05) is 44.5 Å². The topological polar surface area (TPSA) is 86.4 Å². The van der Waals surface area contributed by atoms with Crippen LogP contribution in [0.3, 0.4) is 0 Å². The summed E-state index contributed by atoms with van der Waals surface area (Å²) in [7, 11) is 0. The number of H-pyrrole nitrogens is 1. The smallest absolute Gasteiger partial charge is 0.274 e. The van der Waals surface area contributed by atoms with Gasteiger partial charge in [-0.25, -0.2) is 5.10 Å². The molecule has 7 nitrogen and oxygen atoms in total. The van der Waals surface area contributed by atoms with Crippen molar-refractivity contribution in [2.45, 2.75) is 12.8 Å². The van der Waals surface area contributed by atoms with Gasteiger partial charge in [0.05, 0.1) is 0 Å². The highest BCUT2D eigenvalue weighted by atomic mass is 35.5. The van der Waals surface area contributed by atoms with Crippen molar-refractivity contribution in [1.29, 1.82) is 0 Å². The quantitative estimate of drug-likeness (QED) is 0.797. The molecule has 0 radical (unpaired) electrons. The van der Waals surface area contributed by atoms with Crippen LogP contribution in [0.2, 0.25) is 0 Å². The third-order valence-electron chi connectivity index (χ3n) is 3.34. The molecule has 2 rings (SSSR count). The summed E-state index contributed by atoms with van der Waals surface area (Å²) in [4.78, 5) is 38.3. The van der Waals surface area contributed by atoms with E-state index in [0.29, 0.717) is 44.9 Å². The molecule has 1 aliphatic rings. The lowest BCUT2D eigenvalue weighted by Crippen LogP contribution is -2.50. The zero-order valence-electron chi connectivity index (χ0n) is 11.5. The van der Waals surface area contributed by atoms with Gasteiger partial charge in [-0.05, 0) is 12.5 Å². The van der Waals surface area contributed by atoms with E-state index in [1.54, 1.807) is 9.80 Å². The Balaban J connectivity index is 1.88. The van der Waals surface area contributed by atoms with Gasteiger partial charge in [0.25, 0.3) is 11.5 Å². The van der Waals surface area contributed by atoms with Gasteiger partial charge in [0.15, 0.2) is 0 Å². The van der Waals surface area contributed by atoms with Gasteiger partial charge in [0.1, 0.15) is 5.69 Å². The number of piperazine rings is 1. The number of alkyl halides is 1. The molecule has 1 aromatic rings. The van der Waals surface area contributed by atoms with Crippen molar-refractivity contribution in [3.8, 4) is 0 Å². The summed E-state index contributed by atoms with van der Waals surface area (Å²) in [6.07, 6.45) is 1.11. The fourth-order valence-electron chi connectivity index (χ4n) is 2.16. The minimum atomic E-state index is -0.346. The van der Waals surface area contributed by atoms with Crippen LogP contribution in [-0.2, 0) is 4.79 Å². The predicted molar refractivity (Wildman–Crippen MR) is 77.3 cm³/mol. The monoisotopic (exact) mass is 312 g/mol. The normalized spacial score (nSPS) is 15.1. The number of amides is 2. The maximum absolute atomic E-state index is 12.2. The van der Waals surface area contributed by atoms with E-state index in [1.165, 1.54) is 12.1 Å². The Morgan fingerprint density at radius 1 is 1.19 bits per heavy atom. The van der Waals surface area contributed by atoms with Gasteiger partial charge in [-0.1, -0.05) is 0 Å². The van der Waals surface area contributed by atoms with E-state index in [4.69, 9.17) is 11.6 Å². The van der Waals surface area contributed by atoms with Gasteiger partial charge in [-0.2, -0.15) is 5.10 Å². The highest BCUT2D eigenvalue weighted by molar-refractivity contribution is 6.17. The summed E-state index contributed by atoms with van der Waals surface area (Å²) in [6, 6.07) is 2.67. The van der Waals surface area contributed by atoms with Gasteiger partial charge in [-0.15, -0.1) is 11.6 Å². The van der Waals surface area contributed by atoms with Gasteiger partial charge < -0.3 is 9.80 Å². The largest absolute Gasteiger partial charge is 0.339 e. The molecule has 2 heterocycles. The molecule has 1 aromatic heterocycles. The summed E-state index contributed by atoms with van der Waals surface area (Å²) in [5, 5.41) is 5.96. The van der Waals surface area contributed by atoms with E-state index in [1.807, 2.05) is 0 Å². The molecule has 1 aliphatic heterocycles. The van der Waals surface area contributed by atoms with Crippen LogP contribution < -0.4 is 5.56 Å². The van der Waals surface area contributed by atoms with E-state index >= 15 is 0 Å². The summed E-state index contributed by atoms with van der Waals surface area (Å²) in [5.74, 6) is 0.311. The van der Waals surface area contributed by atoms with Crippen molar-refractivity contribution in [1.82, 2.24) is 20.0 Å². The number of hydrogen-bond acceptors (Lipinski definition) is 4. The van der Waals surface area contributed by atoms with Gasteiger partial charge in [-0.3, -0.25) is 14.4 Å². The molecule has 8 heteroatoms. The van der Waals surface area contributed by atoms with Crippen LogP contribution in [0.5, 0.6) is 0 Å². The van der Waals surface area contributed by atoms with Crippen LogP contribution in [0.15, 0.2) is 16.9 Å². The molecule has 0 aromatic carbocycles. The molecule has 1 N–H and O–H groups in total. The number of nitrogens with zero attached hydrogens (tertiary/aromatic N) is 3. The first-order valence-corrected chi connectivity index (χ1v) is 7.34. The lowest BCUT2D eigenvalue weighted by molar-refractivity contribution is -0.132. The lowest BCUT2D eigenvalue weighted by Gasteiger charge is -2.34. The second-order valence-electron chi connectivity index (χ2n) is 4.77.